The third kappa shape index (κ3) is 1.92. The number of benzene rings is 1. The van der Waals surface area contributed by atoms with Crippen LogP contribution >= 0.6 is 0 Å². The number of nitrogens with zero attached hydrogens (tertiary/aromatic N) is 2. The minimum absolute atomic E-state index is 0.285. The van der Waals surface area contributed by atoms with Gasteiger partial charge in [-0.05, 0) is 12.1 Å². The maximum absolute atomic E-state index is 12.0. The van der Waals surface area contributed by atoms with E-state index in [2.05, 4.69) is 4.99 Å². The minimum atomic E-state index is -3.41. The van der Waals surface area contributed by atoms with Crippen molar-refractivity contribution in [3.63, 3.8) is 0 Å². The van der Waals surface area contributed by atoms with Crippen molar-refractivity contribution in [1.82, 2.24) is 4.31 Å². The van der Waals surface area contributed by atoms with Crippen molar-refractivity contribution in [2.75, 3.05) is 6.54 Å². The number of hydrogen-bond donors (Lipinski definition) is 0. The van der Waals surface area contributed by atoms with E-state index in [0.29, 0.717) is 4.90 Å². The second-order valence-electron chi connectivity index (χ2n) is 3.02. The van der Waals surface area contributed by atoms with Gasteiger partial charge in [0.2, 0.25) is 0 Å². The molecule has 0 atom stereocenters. The van der Waals surface area contributed by atoms with Crippen molar-refractivity contribution in [1.29, 1.82) is 0 Å². The standard InChI is InChI=1S/C10H10N2O2S/c13-15(14,10-4-2-1-3-5-10)12-8-6-11-7-9-12/h1-8H,9H2. The van der Waals surface area contributed by atoms with Crippen LogP contribution in [-0.2, 0) is 10.0 Å². The van der Waals surface area contributed by atoms with Crippen LogP contribution in [0, 0.1) is 0 Å². The van der Waals surface area contributed by atoms with Gasteiger partial charge in [-0.15, -0.1) is 0 Å². The summed E-state index contributed by atoms with van der Waals surface area (Å²) in [7, 11) is -3.41. The molecule has 2 rings (SSSR count). The van der Waals surface area contributed by atoms with E-state index in [0.717, 1.165) is 0 Å². The van der Waals surface area contributed by atoms with Gasteiger partial charge in [0.15, 0.2) is 0 Å². The van der Waals surface area contributed by atoms with Gasteiger partial charge in [0.1, 0.15) is 0 Å². The van der Waals surface area contributed by atoms with Gasteiger partial charge in [-0.1, -0.05) is 18.2 Å². The molecule has 1 aromatic carbocycles. The van der Waals surface area contributed by atoms with E-state index in [4.69, 9.17) is 0 Å². The Morgan fingerprint density at radius 1 is 1.20 bits per heavy atom. The zero-order valence-electron chi connectivity index (χ0n) is 7.95. The highest BCUT2D eigenvalue weighted by molar-refractivity contribution is 7.89. The van der Waals surface area contributed by atoms with Gasteiger partial charge in [-0.3, -0.25) is 9.30 Å². The van der Waals surface area contributed by atoms with Crippen LogP contribution in [0.25, 0.3) is 0 Å². The van der Waals surface area contributed by atoms with E-state index in [-0.39, 0.29) is 6.54 Å². The summed E-state index contributed by atoms with van der Waals surface area (Å²) >= 11 is 0. The van der Waals surface area contributed by atoms with Crippen LogP contribution < -0.4 is 0 Å². The predicted molar refractivity (Wildman–Crippen MR) is 58.0 cm³/mol. The molecule has 0 aliphatic carbocycles. The third-order valence-electron chi connectivity index (χ3n) is 2.04. The molecule has 1 aliphatic rings. The van der Waals surface area contributed by atoms with Gasteiger partial charge in [0.25, 0.3) is 10.0 Å². The van der Waals surface area contributed by atoms with E-state index < -0.39 is 10.0 Å². The normalized spacial score (nSPS) is 15.6. The van der Waals surface area contributed by atoms with Crippen molar-refractivity contribution in [3.8, 4) is 0 Å². The molecule has 1 aliphatic heterocycles. The largest absolute Gasteiger partial charge is 0.266 e. The fourth-order valence-corrected chi connectivity index (χ4v) is 2.52. The second-order valence-corrected chi connectivity index (χ2v) is 4.91. The van der Waals surface area contributed by atoms with Crippen LogP contribution in [0.2, 0.25) is 0 Å². The van der Waals surface area contributed by atoms with Crippen molar-refractivity contribution in [2.24, 2.45) is 4.99 Å². The van der Waals surface area contributed by atoms with Gasteiger partial charge < -0.3 is 0 Å². The smallest absolute Gasteiger partial charge is 0.264 e. The lowest BCUT2D eigenvalue weighted by molar-refractivity contribution is 0.526. The van der Waals surface area contributed by atoms with E-state index >= 15 is 0 Å². The molecule has 0 bridgehead atoms. The average molecular weight is 222 g/mol. The minimum Gasteiger partial charge on any atom is -0.266 e. The van der Waals surface area contributed by atoms with E-state index in [1.165, 1.54) is 16.7 Å². The Morgan fingerprint density at radius 3 is 2.53 bits per heavy atom. The zero-order valence-corrected chi connectivity index (χ0v) is 8.76. The van der Waals surface area contributed by atoms with E-state index in [1.54, 1.807) is 36.5 Å². The Bertz CT molecular complexity index is 491. The van der Waals surface area contributed by atoms with Gasteiger partial charge in [-0.2, -0.15) is 0 Å². The van der Waals surface area contributed by atoms with Gasteiger partial charge >= 0.3 is 0 Å². The van der Waals surface area contributed by atoms with Crippen molar-refractivity contribution in [2.45, 2.75) is 4.90 Å². The summed E-state index contributed by atoms with van der Waals surface area (Å²) < 4.78 is 25.3. The van der Waals surface area contributed by atoms with Crippen LogP contribution in [0.1, 0.15) is 0 Å². The number of sulfonamides is 1. The first kappa shape index (κ1) is 9.92. The van der Waals surface area contributed by atoms with Gasteiger partial charge in [-0.25, -0.2) is 8.42 Å². The first-order valence-corrected chi connectivity index (χ1v) is 5.90. The molecule has 0 aromatic heterocycles. The Kier molecular flexibility index (Phi) is 2.55. The topological polar surface area (TPSA) is 49.7 Å². The maximum Gasteiger partial charge on any atom is 0.264 e. The molecular formula is C10H10N2O2S. The molecule has 1 aromatic rings. The molecule has 0 unspecified atom stereocenters. The van der Waals surface area contributed by atoms with Crippen molar-refractivity contribution in [3.05, 3.63) is 42.7 Å². The summed E-state index contributed by atoms with van der Waals surface area (Å²) in [6.45, 7) is 0.285. The lowest BCUT2D eigenvalue weighted by Gasteiger charge is -2.19. The molecule has 0 spiro atoms. The average Bonchev–Trinajstić information content (AvgIpc) is 2.31. The molecule has 78 valence electrons. The molecule has 0 fully saturated rings. The van der Waals surface area contributed by atoms with E-state index in [1.807, 2.05) is 0 Å². The van der Waals surface area contributed by atoms with Crippen LogP contribution in [0.5, 0.6) is 0 Å². The lowest BCUT2D eigenvalue weighted by atomic mass is 10.4. The Labute approximate surface area is 88.6 Å². The van der Waals surface area contributed by atoms with Crippen molar-refractivity contribution < 1.29 is 8.42 Å². The van der Waals surface area contributed by atoms with E-state index in [9.17, 15) is 8.42 Å². The first-order valence-electron chi connectivity index (χ1n) is 4.46. The summed E-state index contributed by atoms with van der Waals surface area (Å²) in [6, 6.07) is 8.35. The highest BCUT2D eigenvalue weighted by Gasteiger charge is 2.20. The summed E-state index contributed by atoms with van der Waals surface area (Å²) in [5, 5.41) is 0. The highest BCUT2D eigenvalue weighted by atomic mass is 32.2. The molecule has 15 heavy (non-hydrogen) atoms. The Balaban J connectivity index is 2.36. The molecule has 0 amide bonds. The fraction of sp³-hybridized carbons (Fsp3) is 0.100. The molecule has 0 saturated heterocycles. The summed E-state index contributed by atoms with van der Waals surface area (Å²) in [4.78, 5) is 4.12. The molecule has 0 saturated carbocycles. The van der Waals surface area contributed by atoms with Crippen LogP contribution in [0.4, 0.5) is 0 Å². The summed E-state index contributed by atoms with van der Waals surface area (Å²) in [6.07, 6.45) is 4.48. The Morgan fingerprint density at radius 2 is 1.93 bits per heavy atom. The van der Waals surface area contributed by atoms with Crippen LogP contribution in [0.3, 0.4) is 0 Å². The van der Waals surface area contributed by atoms with Crippen LogP contribution in [-0.4, -0.2) is 25.5 Å². The molecular weight excluding hydrogens is 212 g/mol. The molecule has 0 radical (unpaired) electrons. The predicted octanol–water partition coefficient (Wildman–Crippen LogP) is 1.23. The number of aliphatic imine (C=N–C) groups is 1. The number of rotatable bonds is 2. The summed E-state index contributed by atoms with van der Waals surface area (Å²) in [5.74, 6) is 0. The fourth-order valence-electron chi connectivity index (χ4n) is 1.27. The molecule has 1 heterocycles. The van der Waals surface area contributed by atoms with Crippen LogP contribution in [0.15, 0.2) is 52.6 Å². The second kappa shape index (κ2) is 3.86. The Hall–Kier alpha value is -1.62. The molecule has 5 heteroatoms. The number of hydrogen-bond acceptors (Lipinski definition) is 3. The zero-order chi connectivity index (χ0) is 10.7. The third-order valence-corrected chi connectivity index (χ3v) is 3.79. The molecule has 0 N–H and O–H groups in total. The SMILES string of the molecule is O=S(=O)(c1ccccc1)N1C=CN=CC1. The lowest BCUT2D eigenvalue weighted by Crippen LogP contribution is -2.28. The summed E-state index contributed by atoms with van der Waals surface area (Å²) in [5.41, 5.74) is 0. The highest BCUT2D eigenvalue weighted by Crippen LogP contribution is 2.15. The van der Waals surface area contributed by atoms with Crippen molar-refractivity contribution >= 4 is 16.2 Å². The monoisotopic (exact) mass is 222 g/mol. The van der Waals surface area contributed by atoms with Gasteiger partial charge in [0, 0.05) is 18.6 Å². The van der Waals surface area contributed by atoms with Gasteiger partial charge in [0.05, 0.1) is 11.4 Å². The maximum atomic E-state index is 12.0. The quantitative estimate of drug-likeness (QED) is 0.755. The first-order chi connectivity index (χ1) is 7.21. The molecule has 4 nitrogen and oxygen atoms in total.